The van der Waals surface area contributed by atoms with Crippen LogP contribution in [0, 0.1) is 0 Å². The van der Waals surface area contributed by atoms with E-state index in [0.717, 1.165) is 31.5 Å². The Morgan fingerprint density at radius 2 is 1.97 bits per heavy atom. The number of nitrogens with two attached hydrogens (primary N) is 1. The average molecular weight is 490 g/mol. The Balaban J connectivity index is 1.34. The molecule has 190 valence electrons. The maximum absolute atomic E-state index is 6.16. The molecule has 1 saturated heterocycles. The van der Waals surface area contributed by atoms with Crippen LogP contribution in [0.5, 0.6) is 12.0 Å². The highest BCUT2D eigenvalue weighted by atomic mass is 16.5. The summed E-state index contributed by atoms with van der Waals surface area (Å²) in [5.74, 6) is 0.627. The number of pyridine rings is 1. The van der Waals surface area contributed by atoms with E-state index in [1.165, 1.54) is 37.1 Å². The minimum absolute atomic E-state index is 0.252. The Morgan fingerprint density at radius 1 is 1.11 bits per heavy atom. The number of ether oxygens (including phenoxy) is 2. The Morgan fingerprint density at radius 3 is 2.72 bits per heavy atom. The van der Waals surface area contributed by atoms with Gasteiger partial charge in [-0.25, -0.2) is 0 Å². The van der Waals surface area contributed by atoms with Gasteiger partial charge in [0.15, 0.2) is 17.0 Å². The monoisotopic (exact) mass is 489 g/mol. The lowest BCUT2D eigenvalue weighted by Gasteiger charge is -2.21. The molecule has 1 unspecified atom stereocenters. The molecule has 0 amide bonds. The normalized spacial score (nSPS) is 18.1. The van der Waals surface area contributed by atoms with Gasteiger partial charge in [-0.2, -0.15) is 15.0 Å². The molecule has 1 aliphatic carbocycles. The largest absolute Gasteiger partial charge is 0.468 e. The number of aromatic nitrogens is 5. The van der Waals surface area contributed by atoms with Gasteiger partial charge in [-0.05, 0) is 56.0 Å². The molecular weight excluding hydrogens is 454 g/mol. The van der Waals surface area contributed by atoms with Gasteiger partial charge < -0.3 is 15.2 Å². The number of likely N-dealkylation sites (tertiary alicyclic amines) is 1. The van der Waals surface area contributed by atoms with Crippen LogP contribution in [0.1, 0.15) is 56.2 Å². The highest BCUT2D eigenvalue weighted by Crippen LogP contribution is 2.29. The molecule has 0 spiro atoms. The number of fused-ring (bicyclic) bond motifs is 1. The fourth-order valence-electron chi connectivity index (χ4n) is 4.85. The van der Waals surface area contributed by atoms with Crippen LogP contribution >= 0.6 is 0 Å². The molecule has 0 bridgehead atoms. The van der Waals surface area contributed by atoms with Crippen molar-refractivity contribution in [3.63, 3.8) is 0 Å². The molecule has 5 rings (SSSR count). The summed E-state index contributed by atoms with van der Waals surface area (Å²) in [5.41, 5.74) is 10.7. The van der Waals surface area contributed by atoms with Crippen LogP contribution in [-0.2, 0) is 6.54 Å². The molecule has 9 heteroatoms. The topological polar surface area (TPSA) is 104 Å². The summed E-state index contributed by atoms with van der Waals surface area (Å²) in [6, 6.07) is 4.90. The van der Waals surface area contributed by atoms with Gasteiger partial charge in [-0.1, -0.05) is 37.6 Å². The highest BCUT2D eigenvalue weighted by Gasteiger charge is 2.20. The first kappa shape index (κ1) is 24.2. The SMILES string of the molecule is CCCCOc1nc(N)c2nc(OC)n(Cc3ccc(C4C=C(CN5CCCC5)C=CC4)cn3)c2n1. The van der Waals surface area contributed by atoms with E-state index in [2.05, 4.69) is 57.1 Å². The van der Waals surface area contributed by atoms with E-state index in [9.17, 15) is 0 Å². The van der Waals surface area contributed by atoms with Gasteiger partial charge in [-0.15, -0.1) is 0 Å². The predicted molar refractivity (Wildman–Crippen MR) is 140 cm³/mol. The third-order valence-corrected chi connectivity index (χ3v) is 6.82. The summed E-state index contributed by atoms with van der Waals surface area (Å²) in [7, 11) is 1.58. The minimum Gasteiger partial charge on any atom is -0.468 e. The molecule has 9 nitrogen and oxygen atoms in total. The van der Waals surface area contributed by atoms with Crippen molar-refractivity contribution in [3.8, 4) is 12.0 Å². The molecule has 2 aliphatic rings. The number of unbranched alkanes of at least 4 members (excludes halogenated alkanes) is 1. The number of hydrogen-bond acceptors (Lipinski definition) is 8. The van der Waals surface area contributed by atoms with E-state index in [-0.39, 0.29) is 11.8 Å². The average Bonchev–Trinajstić information content (AvgIpc) is 3.53. The van der Waals surface area contributed by atoms with Gasteiger partial charge in [0.2, 0.25) is 0 Å². The van der Waals surface area contributed by atoms with Crippen LogP contribution in [0.3, 0.4) is 0 Å². The number of anilines is 1. The second-order valence-corrected chi connectivity index (χ2v) is 9.50. The number of allylic oxidation sites excluding steroid dienone is 2. The summed E-state index contributed by atoms with van der Waals surface area (Å²) in [5, 5.41) is 0. The first-order chi connectivity index (χ1) is 17.6. The van der Waals surface area contributed by atoms with Gasteiger partial charge >= 0.3 is 6.01 Å². The Labute approximate surface area is 212 Å². The highest BCUT2D eigenvalue weighted by molar-refractivity contribution is 5.83. The van der Waals surface area contributed by atoms with E-state index >= 15 is 0 Å². The third-order valence-electron chi connectivity index (χ3n) is 6.82. The molecule has 3 aromatic heterocycles. The molecule has 2 N–H and O–H groups in total. The lowest BCUT2D eigenvalue weighted by molar-refractivity contribution is 0.286. The van der Waals surface area contributed by atoms with Crippen LogP contribution in [0.25, 0.3) is 11.2 Å². The molecule has 0 aromatic carbocycles. The maximum Gasteiger partial charge on any atom is 0.320 e. The van der Waals surface area contributed by atoms with Crippen molar-refractivity contribution in [2.45, 2.75) is 51.5 Å². The molecule has 4 heterocycles. The molecule has 1 aliphatic heterocycles. The third kappa shape index (κ3) is 5.36. The Hall–Kier alpha value is -3.46. The van der Waals surface area contributed by atoms with Crippen LogP contribution in [-0.4, -0.2) is 62.8 Å². The summed E-state index contributed by atoms with van der Waals surface area (Å²) < 4.78 is 13.1. The van der Waals surface area contributed by atoms with Crippen molar-refractivity contribution in [1.82, 2.24) is 29.4 Å². The van der Waals surface area contributed by atoms with E-state index in [1.807, 2.05) is 10.8 Å². The second kappa shape index (κ2) is 11.1. The summed E-state index contributed by atoms with van der Waals surface area (Å²) in [4.78, 5) is 20.6. The predicted octanol–water partition coefficient (Wildman–Crippen LogP) is 4.11. The first-order valence-corrected chi connectivity index (χ1v) is 12.9. The lowest BCUT2D eigenvalue weighted by atomic mass is 9.90. The number of hydrogen-bond donors (Lipinski definition) is 1. The van der Waals surface area contributed by atoms with Gasteiger partial charge in [-0.3, -0.25) is 14.5 Å². The van der Waals surface area contributed by atoms with Crippen molar-refractivity contribution in [1.29, 1.82) is 0 Å². The van der Waals surface area contributed by atoms with Crippen molar-refractivity contribution < 1.29 is 9.47 Å². The Bertz CT molecular complexity index is 1240. The molecular formula is C27H35N7O2. The molecule has 0 radical (unpaired) electrons. The zero-order chi connectivity index (χ0) is 24.9. The first-order valence-electron chi connectivity index (χ1n) is 12.9. The maximum atomic E-state index is 6.16. The lowest BCUT2D eigenvalue weighted by Crippen LogP contribution is -2.22. The quantitative estimate of drug-likeness (QED) is 0.425. The van der Waals surface area contributed by atoms with Gasteiger partial charge in [0.1, 0.15) is 0 Å². The zero-order valence-electron chi connectivity index (χ0n) is 21.2. The van der Waals surface area contributed by atoms with Gasteiger partial charge in [0, 0.05) is 18.7 Å². The summed E-state index contributed by atoms with van der Waals surface area (Å²) >= 11 is 0. The fraction of sp³-hybridized carbons (Fsp3) is 0.481. The molecule has 3 aromatic rings. The number of rotatable bonds is 10. The molecule has 36 heavy (non-hydrogen) atoms. The van der Waals surface area contributed by atoms with E-state index in [4.69, 9.17) is 20.2 Å². The number of nitrogens with zero attached hydrogens (tertiary/aromatic N) is 6. The molecule has 1 atom stereocenters. The molecule has 1 fully saturated rings. The van der Waals surface area contributed by atoms with Crippen molar-refractivity contribution in [2.24, 2.45) is 0 Å². The van der Waals surface area contributed by atoms with E-state index in [1.54, 1.807) is 7.11 Å². The summed E-state index contributed by atoms with van der Waals surface area (Å²) in [6.45, 7) is 6.56. The van der Waals surface area contributed by atoms with Crippen LogP contribution in [0.4, 0.5) is 5.82 Å². The van der Waals surface area contributed by atoms with Gasteiger partial charge in [0.25, 0.3) is 6.01 Å². The standard InChI is InChI=1S/C27H35N7O2/c1-3-4-14-36-26-31-24(28)23-25(32-26)34(27(30-23)35-2)18-22-11-10-21(16-29-22)20-9-7-8-19(15-20)17-33-12-5-6-13-33/h7-8,10-11,15-16,20H,3-6,9,12-14,17-18H2,1-2H3,(H2,28,31,32). The van der Waals surface area contributed by atoms with Crippen molar-refractivity contribution in [3.05, 3.63) is 53.4 Å². The smallest absolute Gasteiger partial charge is 0.320 e. The molecule has 0 saturated carbocycles. The second-order valence-electron chi connectivity index (χ2n) is 9.50. The fourth-order valence-corrected chi connectivity index (χ4v) is 4.85. The van der Waals surface area contributed by atoms with Crippen LogP contribution in [0.15, 0.2) is 42.1 Å². The van der Waals surface area contributed by atoms with Crippen LogP contribution < -0.4 is 15.2 Å². The van der Waals surface area contributed by atoms with Gasteiger partial charge in [0.05, 0.1) is 26.0 Å². The van der Waals surface area contributed by atoms with E-state index < -0.39 is 0 Å². The zero-order valence-corrected chi connectivity index (χ0v) is 21.2. The number of nitrogen functional groups attached to an aromatic ring is 1. The van der Waals surface area contributed by atoms with Crippen LogP contribution in [0.2, 0.25) is 0 Å². The number of methoxy groups -OCH3 is 1. The van der Waals surface area contributed by atoms with E-state index in [0.29, 0.717) is 36.2 Å². The van der Waals surface area contributed by atoms with Crippen molar-refractivity contribution in [2.75, 3.05) is 39.1 Å². The summed E-state index contributed by atoms with van der Waals surface area (Å²) in [6.07, 6.45) is 14.5. The number of imidazole rings is 1. The van der Waals surface area contributed by atoms with Crippen molar-refractivity contribution >= 4 is 17.0 Å². The minimum atomic E-state index is 0.252. The Kier molecular flexibility index (Phi) is 7.46.